The van der Waals surface area contributed by atoms with Crippen LogP contribution >= 0.6 is 0 Å². The molecule has 0 saturated carbocycles. The highest BCUT2D eigenvalue weighted by Gasteiger charge is 2.26. The lowest BCUT2D eigenvalue weighted by Crippen LogP contribution is -2.23. The number of hydrogen-bond donors (Lipinski definition) is 4. The van der Waals surface area contributed by atoms with Crippen LogP contribution in [0.2, 0.25) is 0 Å². The zero-order valence-electron chi connectivity index (χ0n) is 44.4. The largest absolute Gasteiger partial charge is 0.310 e. The lowest BCUT2D eigenvalue weighted by Gasteiger charge is -2.19. The summed E-state index contributed by atoms with van der Waals surface area (Å²) in [4.78, 5) is 34.0. The average Bonchev–Trinajstić information content (AvgIpc) is 4.15. The van der Waals surface area contributed by atoms with Crippen LogP contribution in [0.25, 0.3) is 0 Å². The standard InChI is InChI=1S/2C20H22N4O.8C2H6.2CH4/c2*1-15(11-16-7-3-2-4-8-16)12-18(17-13-22-23-14-17)20(25)24-19-9-5-6-10-21-19;8*1-2;;/h2*2-10,13-15,18H,11-12H2,1H3,(H,22,23)(H,21,24,25);8*1-2H3;2*1H4/t2*15?,18-;;;;;;;;;;/m10........../s1. The zero-order chi connectivity index (χ0) is 51.0. The molecule has 10 heteroatoms. The smallest absolute Gasteiger partial charge is 0.233 e. The molecule has 2 aromatic carbocycles. The summed E-state index contributed by atoms with van der Waals surface area (Å²) in [7, 11) is 0. The summed E-state index contributed by atoms with van der Waals surface area (Å²) in [6.45, 7) is 36.3. The van der Waals surface area contributed by atoms with Gasteiger partial charge in [-0.15, -0.1) is 0 Å². The lowest BCUT2D eigenvalue weighted by molar-refractivity contribution is -0.118. The van der Waals surface area contributed by atoms with E-state index in [1.54, 1.807) is 49.3 Å². The molecule has 10 nitrogen and oxygen atoms in total. The minimum Gasteiger partial charge on any atom is -0.310 e. The first-order chi connectivity index (χ1) is 32.4. The number of anilines is 2. The van der Waals surface area contributed by atoms with Gasteiger partial charge < -0.3 is 10.6 Å². The fourth-order valence-electron chi connectivity index (χ4n) is 6.00. The summed E-state index contributed by atoms with van der Waals surface area (Å²) < 4.78 is 0. The van der Waals surface area contributed by atoms with Crippen molar-refractivity contribution in [3.63, 3.8) is 0 Å². The van der Waals surface area contributed by atoms with E-state index in [0.717, 1.165) is 36.8 Å². The monoisotopic (exact) mass is 941 g/mol. The van der Waals surface area contributed by atoms with E-state index in [2.05, 4.69) is 79.1 Å². The first-order valence-electron chi connectivity index (χ1n) is 24.9. The normalized spacial score (nSPS) is 10.4. The van der Waals surface area contributed by atoms with Crippen LogP contribution in [0.3, 0.4) is 0 Å². The Kier molecular flexibility index (Phi) is 58.2. The maximum atomic E-state index is 12.8. The van der Waals surface area contributed by atoms with Crippen molar-refractivity contribution < 1.29 is 9.59 Å². The van der Waals surface area contributed by atoms with Gasteiger partial charge in [0.05, 0.1) is 24.2 Å². The van der Waals surface area contributed by atoms with Gasteiger partial charge in [-0.05, 0) is 72.9 Å². The number of nitrogens with zero attached hydrogens (tertiary/aromatic N) is 4. The minimum atomic E-state index is -0.264. The fraction of sp³-hybridized carbons (Fsp3) is 0.483. The summed E-state index contributed by atoms with van der Waals surface area (Å²) in [5.74, 6) is 1.21. The summed E-state index contributed by atoms with van der Waals surface area (Å²) >= 11 is 0. The Morgan fingerprint density at radius 2 is 0.750 bits per heavy atom. The fourth-order valence-corrected chi connectivity index (χ4v) is 6.00. The number of rotatable bonds is 14. The average molecular weight is 941 g/mol. The Labute approximate surface area is 417 Å². The molecule has 0 saturated heterocycles. The second kappa shape index (κ2) is 53.7. The van der Waals surface area contributed by atoms with E-state index in [9.17, 15) is 9.59 Å². The van der Waals surface area contributed by atoms with E-state index in [1.807, 2.05) is 171 Å². The Balaban J connectivity index is -0.000000213. The van der Waals surface area contributed by atoms with Gasteiger partial charge >= 0.3 is 0 Å². The molecule has 4 N–H and O–H groups in total. The summed E-state index contributed by atoms with van der Waals surface area (Å²) in [5.41, 5.74) is 4.36. The number of carbonyl (C=O) groups excluding carboxylic acids is 2. The molecule has 0 spiro atoms. The highest BCUT2D eigenvalue weighted by Crippen LogP contribution is 2.28. The topological polar surface area (TPSA) is 141 Å². The van der Waals surface area contributed by atoms with E-state index < -0.39 is 0 Å². The third kappa shape index (κ3) is 32.7. The number of aromatic amines is 2. The van der Waals surface area contributed by atoms with Gasteiger partial charge in [0.15, 0.2) is 0 Å². The molecule has 4 aromatic heterocycles. The Bertz CT molecular complexity index is 1690. The number of aromatic nitrogens is 6. The van der Waals surface area contributed by atoms with Crippen LogP contribution in [-0.4, -0.2) is 42.2 Å². The van der Waals surface area contributed by atoms with Gasteiger partial charge in [0, 0.05) is 35.9 Å². The van der Waals surface area contributed by atoms with Crippen molar-refractivity contribution >= 4 is 23.5 Å². The van der Waals surface area contributed by atoms with Gasteiger partial charge in [0.25, 0.3) is 0 Å². The predicted octanol–water partition coefficient (Wildman–Crippen LogP) is 17.1. The highest BCUT2D eigenvalue weighted by molar-refractivity contribution is 5.95. The molecule has 6 aromatic rings. The molecule has 0 aliphatic rings. The first-order valence-corrected chi connectivity index (χ1v) is 24.9. The lowest BCUT2D eigenvalue weighted by atomic mass is 9.87. The first kappa shape index (κ1) is 73.7. The van der Waals surface area contributed by atoms with Gasteiger partial charge in [-0.1, -0.05) is 212 Å². The van der Waals surface area contributed by atoms with Crippen LogP contribution in [-0.2, 0) is 22.4 Å². The molecule has 0 aliphatic heterocycles. The third-order valence-electron chi connectivity index (χ3n) is 8.44. The molecule has 0 aliphatic carbocycles. The van der Waals surface area contributed by atoms with Crippen molar-refractivity contribution in [2.45, 2.75) is 177 Å². The van der Waals surface area contributed by atoms with Crippen molar-refractivity contribution in [1.29, 1.82) is 0 Å². The molecule has 0 bridgehead atoms. The second-order valence-corrected chi connectivity index (χ2v) is 12.6. The van der Waals surface area contributed by atoms with E-state index >= 15 is 0 Å². The van der Waals surface area contributed by atoms with E-state index in [0.29, 0.717) is 23.5 Å². The molecular formula is C58H100N8O2. The molecule has 6 rings (SSSR count). The molecule has 0 radical (unpaired) electrons. The van der Waals surface area contributed by atoms with Gasteiger partial charge in [0.1, 0.15) is 11.6 Å². The molecule has 4 heterocycles. The number of H-pyrrole nitrogens is 2. The van der Waals surface area contributed by atoms with Crippen molar-refractivity contribution in [2.75, 3.05) is 10.6 Å². The molecular weight excluding hydrogens is 841 g/mol. The van der Waals surface area contributed by atoms with Gasteiger partial charge in [-0.2, -0.15) is 10.2 Å². The predicted molar refractivity (Wildman–Crippen MR) is 300 cm³/mol. The van der Waals surface area contributed by atoms with Gasteiger partial charge in [-0.25, -0.2) is 9.97 Å². The van der Waals surface area contributed by atoms with E-state index in [4.69, 9.17) is 0 Å². The molecule has 0 fully saturated rings. The highest BCUT2D eigenvalue weighted by atomic mass is 16.2. The number of pyridine rings is 2. The van der Waals surface area contributed by atoms with Crippen molar-refractivity contribution in [1.82, 2.24) is 30.4 Å². The Morgan fingerprint density at radius 3 is 1.00 bits per heavy atom. The number of benzene rings is 2. The van der Waals surface area contributed by atoms with Gasteiger partial charge in [0.2, 0.25) is 11.8 Å². The maximum absolute atomic E-state index is 12.8. The van der Waals surface area contributed by atoms with Crippen LogP contribution < -0.4 is 10.6 Å². The van der Waals surface area contributed by atoms with E-state index in [-0.39, 0.29) is 38.5 Å². The number of carbonyl (C=O) groups is 2. The second-order valence-electron chi connectivity index (χ2n) is 12.6. The van der Waals surface area contributed by atoms with Gasteiger partial charge in [-0.3, -0.25) is 19.8 Å². The summed E-state index contributed by atoms with van der Waals surface area (Å²) in [5, 5.41) is 19.4. The number of hydrogen-bond acceptors (Lipinski definition) is 6. The van der Waals surface area contributed by atoms with Crippen molar-refractivity contribution in [3.8, 4) is 0 Å². The van der Waals surface area contributed by atoms with Crippen molar-refractivity contribution in [3.05, 3.63) is 156 Å². The Hall–Kier alpha value is -5.90. The third-order valence-corrected chi connectivity index (χ3v) is 8.44. The molecule has 384 valence electrons. The van der Waals surface area contributed by atoms with Crippen LogP contribution in [0.15, 0.2) is 134 Å². The SMILES string of the molecule is C.C.CC.CC.CC.CC.CC.CC.CC.CC.CC(Cc1ccccc1)C[C@@H](C(=O)Nc1ccccn1)c1cn[nH]c1.CC(Cc1ccccc1)C[C@H](C(=O)Nc1ccccn1)c1cn[nH]c1. The molecule has 2 amide bonds. The molecule has 2 unspecified atom stereocenters. The molecule has 4 atom stereocenters. The van der Waals surface area contributed by atoms with Crippen molar-refractivity contribution in [2.24, 2.45) is 11.8 Å². The summed E-state index contributed by atoms with van der Waals surface area (Å²) in [6.07, 6.45) is 13.7. The van der Waals surface area contributed by atoms with Crippen LogP contribution in [0, 0.1) is 11.8 Å². The zero-order valence-corrected chi connectivity index (χ0v) is 44.4. The van der Waals surface area contributed by atoms with E-state index in [1.165, 1.54) is 11.1 Å². The minimum absolute atomic E-state index is 0. The Morgan fingerprint density at radius 1 is 0.456 bits per heavy atom. The molecule has 68 heavy (non-hydrogen) atoms. The quantitative estimate of drug-likeness (QED) is 0.0857. The van der Waals surface area contributed by atoms with Crippen LogP contribution in [0.5, 0.6) is 0 Å². The summed E-state index contributed by atoms with van der Waals surface area (Å²) in [6, 6.07) is 31.6. The maximum Gasteiger partial charge on any atom is 0.233 e. The van der Waals surface area contributed by atoms with Crippen LogP contribution in [0.4, 0.5) is 11.6 Å². The van der Waals surface area contributed by atoms with Crippen LogP contribution in [0.1, 0.15) is 186 Å². The number of nitrogens with one attached hydrogen (secondary N) is 4. The number of amides is 2.